The second-order valence-corrected chi connectivity index (χ2v) is 6.14. The molecule has 0 aliphatic rings. The fraction of sp³-hybridized carbons (Fsp3) is 0.600. The Hall–Kier alpha value is -1.09. The molecule has 1 aromatic carbocycles. The number of anilines is 1. The Morgan fingerprint density at radius 1 is 1.22 bits per heavy atom. The lowest BCUT2D eigenvalue weighted by molar-refractivity contribution is 0.329. The predicted molar refractivity (Wildman–Crippen MR) is 76.3 cm³/mol. The maximum atomic E-state index is 13.3. The number of hydrogen-bond acceptors (Lipinski definition) is 2. The molecule has 0 saturated heterocycles. The molecule has 0 bridgehead atoms. The van der Waals surface area contributed by atoms with Crippen molar-refractivity contribution in [3.63, 3.8) is 0 Å². The summed E-state index contributed by atoms with van der Waals surface area (Å²) in [6, 6.07) is 5.00. The third-order valence-corrected chi connectivity index (χ3v) is 3.69. The number of nitrogens with two attached hydrogens (primary N) is 1. The van der Waals surface area contributed by atoms with E-state index in [1.54, 1.807) is 0 Å². The highest BCUT2D eigenvalue weighted by Crippen LogP contribution is 2.31. The van der Waals surface area contributed by atoms with E-state index < -0.39 is 0 Å². The van der Waals surface area contributed by atoms with E-state index in [-0.39, 0.29) is 17.3 Å². The van der Waals surface area contributed by atoms with Gasteiger partial charge in [-0.05, 0) is 43.0 Å². The first-order valence-electron chi connectivity index (χ1n) is 6.42. The molecule has 18 heavy (non-hydrogen) atoms. The standard InChI is InChI=1S/C15H25FN2/c1-10(17)13-9-12(16)7-8-14(13)18(6)11(2)15(3,4)5/h7-11H,17H2,1-6H3/t10-,11?/m1/s1. The molecular formula is C15H25FN2. The summed E-state index contributed by atoms with van der Waals surface area (Å²) in [5, 5.41) is 0. The van der Waals surface area contributed by atoms with Crippen LogP contribution >= 0.6 is 0 Å². The fourth-order valence-electron chi connectivity index (χ4n) is 2.00. The number of nitrogens with zero attached hydrogens (tertiary/aromatic N) is 1. The number of halogens is 1. The van der Waals surface area contributed by atoms with Crippen molar-refractivity contribution < 1.29 is 4.39 Å². The minimum Gasteiger partial charge on any atom is -0.371 e. The fourth-order valence-corrected chi connectivity index (χ4v) is 2.00. The van der Waals surface area contributed by atoms with Gasteiger partial charge >= 0.3 is 0 Å². The van der Waals surface area contributed by atoms with Crippen LogP contribution in [0.3, 0.4) is 0 Å². The van der Waals surface area contributed by atoms with Crippen LogP contribution in [0, 0.1) is 11.2 Å². The quantitative estimate of drug-likeness (QED) is 0.888. The van der Waals surface area contributed by atoms with Crippen molar-refractivity contribution in [2.75, 3.05) is 11.9 Å². The molecule has 0 radical (unpaired) electrons. The molecule has 0 aromatic heterocycles. The van der Waals surface area contributed by atoms with Crippen molar-refractivity contribution in [2.24, 2.45) is 11.1 Å². The Bertz CT molecular complexity index is 407. The molecule has 3 heteroatoms. The van der Waals surface area contributed by atoms with Gasteiger partial charge in [0.1, 0.15) is 5.82 Å². The first kappa shape index (κ1) is 15.0. The van der Waals surface area contributed by atoms with Crippen LogP contribution in [0.5, 0.6) is 0 Å². The molecule has 0 amide bonds. The molecule has 1 unspecified atom stereocenters. The molecule has 0 heterocycles. The molecule has 0 aliphatic heterocycles. The van der Waals surface area contributed by atoms with E-state index in [1.807, 2.05) is 20.0 Å². The van der Waals surface area contributed by atoms with Gasteiger partial charge in [0.2, 0.25) is 0 Å². The minimum atomic E-state index is -0.233. The SMILES string of the molecule is CC(N(C)c1ccc(F)cc1[C@@H](C)N)C(C)(C)C. The molecule has 2 atom stereocenters. The molecule has 0 saturated carbocycles. The molecule has 1 aromatic rings. The molecule has 0 aliphatic carbocycles. The Morgan fingerprint density at radius 2 is 1.78 bits per heavy atom. The molecule has 1 rings (SSSR count). The van der Waals surface area contributed by atoms with E-state index in [1.165, 1.54) is 12.1 Å². The summed E-state index contributed by atoms with van der Waals surface area (Å²) in [5.74, 6) is -0.233. The van der Waals surface area contributed by atoms with Crippen molar-refractivity contribution in [1.82, 2.24) is 0 Å². The van der Waals surface area contributed by atoms with Gasteiger partial charge < -0.3 is 10.6 Å². The van der Waals surface area contributed by atoms with Crippen LogP contribution in [-0.2, 0) is 0 Å². The van der Waals surface area contributed by atoms with Crippen molar-refractivity contribution in [3.8, 4) is 0 Å². The topological polar surface area (TPSA) is 29.3 Å². The van der Waals surface area contributed by atoms with Gasteiger partial charge in [0, 0.05) is 24.8 Å². The molecule has 2 nitrogen and oxygen atoms in total. The van der Waals surface area contributed by atoms with Gasteiger partial charge in [-0.15, -0.1) is 0 Å². The first-order valence-corrected chi connectivity index (χ1v) is 6.42. The van der Waals surface area contributed by atoms with Crippen LogP contribution in [0.15, 0.2) is 18.2 Å². The van der Waals surface area contributed by atoms with Gasteiger partial charge in [0.05, 0.1) is 0 Å². The summed E-state index contributed by atoms with van der Waals surface area (Å²) in [4.78, 5) is 2.18. The highest BCUT2D eigenvalue weighted by atomic mass is 19.1. The predicted octanol–water partition coefficient (Wildman–Crippen LogP) is 3.72. The lowest BCUT2D eigenvalue weighted by Crippen LogP contribution is -2.40. The largest absolute Gasteiger partial charge is 0.371 e. The van der Waals surface area contributed by atoms with E-state index in [2.05, 4.69) is 32.6 Å². The summed E-state index contributed by atoms with van der Waals surface area (Å²) in [5.41, 5.74) is 7.95. The summed E-state index contributed by atoms with van der Waals surface area (Å²) in [7, 11) is 2.04. The minimum absolute atomic E-state index is 0.151. The second kappa shape index (κ2) is 5.27. The van der Waals surface area contributed by atoms with Crippen molar-refractivity contribution >= 4 is 5.69 Å². The van der Waals surface area contributed by atoms with E-state index in [0.29, 0.717) is 6.04 Å². The lowest BCUT2D eigenvalue weighted by Gasteiger charge is -2.38. The zero-order valence-electron chi connectivity index (χ0n) is 12.3. The van der Waals surface area contributed by atoms with Gasteiger partial charge in [0.25, 0.3) is 0 Å². The summed E-state index contributed by atoms with van der Waals surface area (Å²) < 4.78 is 13.3. The van der Waals surface area contributed by atoms with Crippen LogP contribution in [0.25, 0.3) is 0 Å². The van der Waals surface area contributed by atoms with E-state index >= 15 is 0 Å². The number of hydrogen-bond donors (Lipinski definition) is 1. The average molecular weight is 252 g/mol. The number of benzene rings is 1. The third kappa shape index (κ3) is 3.22. The zero-order valence-corrected chi connectivity index (χ0v) is 12.3. The van der Waals surface area contributed by atoms with E-state index in [9.17, 15) is 4.39 Å². The monoisotopic (exact) mass is 252 g/mol. The van der Waals surface area contributed by atoms with Crippen molar-refractivity contribution in [2.45, 2.75) is 46.7 Å². The van der Waals surface area contributed by atoms with Crippen LogP contribution in [0.4, 0.5) is 10.1 Å². The summed E-state index contributed by atoms with van der Waals surface area (Å²) in [6.45, 7) is 10.7. The highest BCUT2D eigenvalue weighted by Gasteiger charge is 2.25. The molecule has 0 spiro atoms. The normalized spacial score (nSPS) is 15.3. The highest BCUT2D eigenvalue weighted by molar-refractivity contribution is 5.55. The van der Waals surface area contributed by atoms with Crippen LogP contribution in [-0.4, -0.2) is 13.1 Å². The maximum absolute atomic E-state index is 13.3. The average Bonchev–Trinajstić information content (AvgIpc) is 2.25. The zero-order chi connectivity index (χ0) is 14.1. The van der Waals surface area contributed by atoms with Gasteiger partial charge in [-0.1, -0.05) is 20.8 Å². The smallest absolute Gasteiger partial charge is 0.123 e. The molecular weight excluding hydrogens is 227 g/mol. The van der Waals surface area contributed by atoms with Crippen molar-refractivity contribution in [1.29, 1.82) is 0 Å². The Kier molecular flexibility index (Phi) is 4.38. The summed E-state index contributed by atoms with van der Waals surface area (Å²) >= 11 is 0. The second-order valence-electron chi connectivity index (χ2n) is 6.14. The summed E-state index contributed by atoms with van der Waals surface area (Å²) in [6.07, 6.45) is 0. The Morgan fingerprint density at radius 3 is 2.22 bits per heavy atom. The Balaban J connectivity index is 3.17. The van der Waals surface area contributed by atoms with Gasteiger partial charge in [-0.25, -0.2) is 4.39 Å². The van der Waals surface area contributed by atoms with Crippen LogP contribution < -0.4 is 10.6 Å². The van der Waals surface area contributed by atoms with Gasteiger partial charge in [-0.2, -0.15) is 0 Å². The van der Waals surface area contributed by atoms with Crippen molar-refractivity contribution in [3.05, 3.63) is 29.6 Å². The Labute approximate surface area is 110 Å². The molecule has 0 fully saturated rings. The van der Waals surface area contributed by atoms with E-state index in [4.69, 9.17) is 5.73 Å². The van der Waals surface area contributed by atoms with Gasteiger partial charge in [-0.3, -0.25) is 0 Å². The van der Waals surface area contributed by atoms with E-state index in [0.717, 1.165) is 11.3 Å². The van der Waals surface area contributed by atoms with Crippen LogP contribution in [0.1, 0.15) is 46.2 Å². The van der Waals surface area contributed by atoms with Crippen LogP contribution in [0.2, 0.25) is 0 Å². The van der Waals surface area contributed by atoms with Gasteiger partial charge in [0.15, 0.2) is 0 Å². The number of rotatable bonds is 3. The lowest BCUT2D eigenvalue weighted by atomic mass is 9.86. The first-order chi connectivity index (χ1) is 8.14. The maximum Gasteiger partial charge on any atom is 0.123 e. The molecule has 102 valence electrons. The third-order valence-electron chi connectivity index (χ3n) is 3.69. The molecule has 2 N–H and O–H groups in total.